The number of fused-ring (bicyclic) bond motifs is 1. The third-order valence-electron chi connectivity index (χ3n) is 6.01. The molecule has 0 saturated carbocycles. The minimum Gasteiger partial charge on any atom is -0.492 e. The fourth-order valence-corrected chi connectivity index (χ4v) is 5.32. The molecule has 38 heavy (non-hydrogen) atoms. The molecule has 0 fully saturated rings. The Morgan fingerprint density at radius 3 is 2.63 bits per heavy atom. The Morgan fingerprint density at radius 1 is 1.13 bits per heavy atom. The fraction of sp³-hybridized carbons (Fsp3) is 0.179. The predicted octanol–water partition coefficient (Wildman–Crippen LogP) is 6.80. The van der Waals surface area contributed by atoms with Crippen molar-refractivity contribution in [2.45, 2.75) is 30.8 Å². The van der Waals surface area contributed by atoms with Gasteiger partial charge in [0.25, 0.3) is 5.91 Å². The Hall–Kier alpha value is -3.63. The number of ether oxygens (including phenoxy) is 1. The number of nitrogens with zero attached hydrogens (tertiary/aromatic N) is 3. The zero-order valence-corrected chi connectivity index (χ0v) is 23.1. The number of nitrogens with one attached hydrogen (secondary N) is 2. The first-order chi connectivity index (χ1) is 18.4. The number of allylic oxidation sites excluding steroid dienone is 1. The molecule has 194 valence electrons. The first kappa shape index (κ1) is 26.0. The lowest BCUT2D eigenvalue weighted by Crippen LogP contribution is -2.31. The molecule has 1 amide bonds. The molecule has 0 aliphatic carbocycles. The predicted molar refractivity (Wildman–Crippen MR) is 151 cm³/mol. The van der Waals surface area contributed by atoms with Gasteiger partial charge in [0.2, 0.25) is 11.1 Å². The van der Waals surface area contributed by atoms with Gasteiger partial charge in [0, 0.05) is 15.9 Å². The maximum atomic E-state index is 14.1. The van der Waals surface area contributed by atoms with Crippen LogP contribution in [-0.4, -0.2) is 27.3 Å². The van der Waals surface area contributed by atoms with Crippen molar-refractivity contribution in [3.8, 4) is 5.75 Å². The lowest BCUT2D eigenvalue weighted by Gasteiger charge is -2.29. The summed E-state index contributed by atoms with van der Waals surface area (Å²) in [5, 5.41) is 11.5. The molecule has 0 spiro atoms. The van der Waals surface area contributed by atoms with Crippen molar-refractivity contribution in [2.24, 2.45) is 0 Å². The number of para-hydroxylation sites is 2. The van der Waals surface area contributed by atoms with Crippen LogP contribution in [0.1, 0.15) is 31.0 Å². The van der Waals surface area contributed by atoms with Crippen LogP contribution >= 0.6 is 27.7 Å². The van der Waals surface area contributed by atoms with E-state index in [0.717, 1.165) is 10.0 Å². The second kappa shape index (κ2) is 11.4. The van der Waals surface area contributed by atoms with Crippen molar-refractivity contribution in [3.05, 3.63) is 105 Å². The SMILES string of the molecule is CCOc1ccccc1NC(=O)C1=C(C)Nc2nc(SCc3ccccc3F)nn2C1c1ccc(Br)cc1. The van der Waals surface area contributed by atoms with Crippen molar-refractivity contribution >= 4 is 45.2 Å². The van der Waals surface area contributed by atoms with E-state index in [9.17, 15) is 9.18 Å². The summed E-state index contributed by atoms with van der Waals surface area (Å²) in [6.07, 6.45) is 0. The summed E-state index contributed by atoms with van der Waals surface area (Å²) < 4.78 is 22.5. The molecule has 0 bridgehead atoms. The number of halogens is 2. The van der Waals surface area contributed by atoms with Crippen molar-refractivity contribution in [3.63, 3.8) is 0 Å². The molecule has 1 aromatic heterocycles. The van der Waals surface area contributed by atoms with E-state index in [1.54, 1.807) is 22.9 Å². The minimum atomic E-state index is -0.533. The molecule has 1 aliphatic rings. The molecule has 4 aromatic rings. The number of amides is 1. The van der Waals surface area contributed by atoms with Crippen LogP contribution in [0.5, 0.6) is 5.75 Å². The molecule has 1 unspecified atom stereocenters. The highest BCUT2D eigenvalue weighted by molar-refractivity contribution is 9.10. The van der Waals surface area contributed by atoms with Crippen molar-refractivity contribution in [2.75, 3.05) is 17.2 Å². The molecule has 0 radical (unpaired) electrons. The number of aromatic nitrogens is 3. The molecule has 2 heterocycles. The van der Waals surface area contributed by atoms with Gasteiger partial charge in [-0.2, -0.15) is 4.98 Å². The fourth-order valence-electron chi connectivity index (χ4n) is 4.24. The van der Waals surface area contributed by atoms with Gasteiger partial charge >= 0.3 is 0 Å². The number of anilines is 2. The summed E-state index contributed by atoms with van der Waals surface area (Å²) in [6, 6.07) is 21.2. The van der Waals surface area contributed by atoms with Crippen LogP contribution < -0.4 is 15.4 Å². The van der Waals surface area contributed by atoms with Crippen LogP contribution in [0, 0.1) is 5.82 Å². The minimum absolute atomic E-state index is 0.265. The van der Waals surface area contributed by atoms with E-state index in [0.29, 0.717) is 51.7 Å². The number of carbonyl (C=O) groups is 1. The summed E-state index contributed by atoms with van der Waals surface area (Å²) in [4.78, 5) is 18.4. The van der Waals surface area contributed by atoms with Crippen LogP contribution in [0.25, 0.3) is 0 Å². The molecule has 1 aliphatic heterocycles. The lowest BCUT2D eigenvalue weighted by atomic mass is 9.95. The first-order valence-electron chi connectivity index (χ1n) is 12.0. The highest BCUT2D eigenvalue weighted by atomic mass is 79.9. The lowest BCUT2D eigenvalue weighted by molar-refractivity contribution is -0.113. The van der Waals surface area contributed by atoms with Crippen molar-refractivity contribution < 1.29 is 13.9 Å². The third kappa shape index (κ3) is 5.46. The van der Waals surface area contributed by atoms with E-state index in [4.69, 9.17) is 9.84 Å². The van der Waals surface area contributed by atoms with E-state index >= 15 is 0 Å². The Balaban J connectivity index is 1.49. The third-order valence-corrected chi connectivity index (χ3v) is 7.43. The number of rotatable bonds is 8. The molecular formula is C28H25BrFN5O2S. The Labute approximate surface area is 232 Å². The molecule has 5 rings (SSSR count). The molecule has 2 N–H and O–H groups in total. The molecule has 7 nitrogen and oxygen atoms in total. The van der Waals surface area contributed by atoms with Gasteiger partial charge < -0.3 is 15.4 Å². The van der Waals surface area contributed by atoms with Gasteiger partial charge in [-0.25, -0.2) is 9.07 Å². The zero-order chi connectivity index (χ0) is 26.6. The van der Waals surface area contributed by atoms with Crippen LogP contribution in [0.2, 0.25) is 0 Å². The summed E-state index contributed by atoms with van der Waals surface area (Å²) in [5.74, 6) is 0.944. The average Bonchev–Trinajstić information content (AvgIpc) is 3.31. The molecular weight excluding hydrogens is 569 g/mol. The first-order valence-corrected chi connectivity index (χ1v) is 13.8. The normalized spacial score (nSPS) is 14.6. The second-order valence-electron chi connectivity index (χ2n) is 8.54. The average molecular weight is 595 g/mol. The highest BCUT2D eigenvalue weighted by Crippen LogP contribution is 2.38. The summed E-state index contributed by atoms with van der Waals surface area (Å²) in [7, 11) is 0. The second-order valence-corrected chi connectivity index (χ2v) is 10.4. The number of thioether (sulfide) groups is 1. The number of hydrogen-bond donors (Lipinski definition) is 2. The van der Waals surface area contributed by atoms with Crippen molar-refractivity contribution in [1.29, 1.82) is 0 Å². The smallest absolute Gasteiger partial charge is 0.255 e. The van der Waals surface area contributed by atoms with Crippen molar-refractivity contribution in [1.82, 2.24) is 14.8 Å². The standard InChI is InChI=1S/C28H25BrFN5O2S/c1-3-37-23-11-7-6-10-22(23)32-26(36)24-17(2)31-27-33-28(38-16-19-8-4-5-9-21(19)30)34-35(27)25(24)18-12-14-20(29)15-13-18/h4-15,25H,3,16H2,1-2H3,(H,32,36)(H,31,33,34). The molecule has 10 heteroatoms. The van der Waals surface area contributed by atoms with Gasteiger partial charge in [0.15, 0.2) is 0 Å². The Kier molecular flexibility index (Phi) is 7.80. The van der Waals surface area contributed by atoms with Gasteiger partial charge in [-0.15, -0.1) is 5.10 Å². The zero-order valence-electron chi connectivity index (χ0n) is 20.7. The maximum absolute atomic E-state index is 14.1. The van der Waals surface area contributed by atoms with Gasteiger partial charge in [0.05, 0.1) is 17.9 Å². The number of benzene rings is 3. The molecule has 0 saturated heterocycles. The van der Waals surface area contributed by atoms with Gasteiger partial charge in [-0.1, -0.05) is 70.2 Å². The van der Waals surface area contributed by atoms with Crippen LogP contribution in [0.4, 0.5) is 16.0 Å². The van der Waals surface area contributed by atoms with Gasteiger partial charge in [-0.05, 0) is 55.3 Å². The monoisotopic (exact) mass is 593 g/mol. The highest BCUT2D eigenvalue weighted by Gasteiger charge is 2.34. The quantitative estimate of drug-likeness (QED) is 0.219. The largest absolute Gasteiger partial charge is 0.492 e. The van der Waals surface area contributed by atoms with E-state index in [2.05, 4.69) is 31.5 Å². The summed E-state index contributed by atoms with van der Waals surface area (Å²) in [5.41, 5.74) is 3.19. The van der Waals surface area contributed by atoms with E-state index < -0.39 is 6.04 Å². The van der Waals surface area contributed by atoms with Crippen LogP contribution in [0.3, 0.4) is 0 Å². The Morgan fingerprint density at radius 2 is 1.87 bits per heavy atom. The molecule has 1 atom stereocenters. The summed E-state index contributed by atoms with van der Waals surface area (Å²) in [6.45, 7) is 4.22. The van der Waals surface area contributed by atoms with Gasteiger partial charge in [-0.3, -0.25) is 4.79 Å². The number of hydrogen-bond acceptors (Lipinski definition) is 6. The topological polar surface area (TPSA) is 81.1 Å². The maximum Gasteiger partial charge on any atom is 0.255 e. The van der Waals surface area contributed by atoms with Gasteiger partial charge in [0.1, 0.15) is 17.6 Å². The van der Waals surface area contributed by atoms with E-state index in [-0.39, 0.29) is 11.7 Å². The van der Waals surface area contributed by atoms with Crippen LogP contribution in [-0.2, 0) is 10.5 Å². The summed E-state index contributed by atoms with van der Waals surface area (Å²) >= 11 is 4.83. The van der Waals surface area contributed by atoms with E-state index in [1.807, 2.05) is 62.4 Å². The Bertz CT molecular complexity index is 1510. The number of carbonyl (C=O) groups excluding carboxylic acids is 1. The molecule has 3 aromatic carbocycles. The van der Waals surface area contributed by atoms with E-state index in [1.165, 1.54) is 17.8 Å². The van der Waals surface area contributed by atoms with Crippen LogP contribution in [0.15, 0.2) is 93.7 Å².